The largest absolute Gasteiger partial charge is 0.454 e. The van der Waals surface area contributed by atoms with Crippen LogP contribution in [0, 0.1) is 5.41 Å². The van der Waals surface area contributed by atoms with E-state index in [1.165, 1.54) is 6.92 Å². The number of ether oxygens (including phenoxy) is 2. The van der Waals surface area contributed by atoms with E-state index in [0.717, 1.165) is 5.56 Å². The summed E-state index contributed by atoms with van der Waals surface area (Å²) in [7, 11) is 0. The minimum atomic E-state index is -1.05. The van der Waals surface area contributed by atoms with Gasteiger partial charge in [0.15, 0.2) is 17.3 Å². The van der Waals surface area contributed by atoms with Crippen LogP contribution in [0.1, 0.15) is 35.7 Å². The highest BCUT2D eigenvalue weighted by atomic mass is 16.7. The Bertz CT molecular complexity index is 965. The molecule has 2 N–H and O–H groups in total. The maximum Gasteiger partial charge on any atom is 0.240 e. The number of rotatable bonds is 6. The number of carbonyl (C=O) groups excluding carboxylic acids is 3. The second-order valence-electron chi connectivity index (χ2n) is 7.04. The standard InChI is InChI=1S/C21H20N2O5/c1-13(24)15-3-2-4-16(10-15)23-20(26)21(7-8-21)19(25)22-11-14-5-6-17-18(9-14)28-12-27-17/h2-6,9-10H,7-8,11-12H2,1H3,(H,22,25)(H,23,26). The van der Waals surface area contributed by atoms with Crippen molar-refractivity contribution in [2.24, 2.45) is 5.41 Å². The third kappa shape index (κ3) is 3.43. The van der Waals surface area contributed by atoms with E-state index in [-0.39, 0.29) is 24.4 Å². The number of hydrogen-bond acceptors (Lipinski definition) is 5. The molecule has 2 amide bonds. The number of amides is 2. The fourth-order valence-electron chi connectivity index (χ4n) is 3.15. The molecular weight excluding hydrogens is 360 g/mol. The van der Waals surface area contributed by atoms with Crippen molar-refractivity contribution in [3.8, 4) is 11.5 Å². The van der Waals surface area contributed by atoms with Crippen molar-refractivity contribution in [1.29, 1.82) is 0 Å². The Morgan fingerprint density at radius 1 is 1.00 bits per heavy atom. The zero-order chi connectivity index (χ0) is 19.7. The molecule has 144 valence electrons. The highest BCUT2D eigenvalue weighted by molar-refractivity contribution is 6.13. The van der Waals surface area contributed by atoms with Gasteiger partial charge in [0.25, 0.3) is 0 Å². The van der Waals surface area contributed by atoms with E-state index in [9.17, 15) is 14.4 Å². The molecule has 1 aliphatic carbocycles. The molecule has 2 aromatic rings. The van der Waals surface area contributed by atoms with Crippen LogP contribution in [0.5, 0.6) is 11.5 Å². The van der Waals surface area contributed by atoms with Gasteiger partial charge in [-0.05, 0) is 49.6 Å². The summed E-state index contributed by atoms with van der Waals surface area (Å²) in [6.45, 7) is 1.95. The van der Waals surface area contributed by atoms with Gasteiger partial charge in [-0.3, -0.25) is 14.4 Å². The third-order valence-electron chi connectivity index (χ3n) is 5.04. The molecule has 0 aromatic heterocycles. The van der Waals surface area contributed by atoms with Gasteiger partial charge in [-0.2, -0.15) is 0 Å². The van der Waals surface area contributed by atoms with Gasteiger partial charge in [0, 0.05) is 17.8 Å². The summed E-state index contributed by atoms with van der Waals surface area (Å²) in [6.07, 6.45) is 0.996. The summed E-state index contributed by atoms with van der Waals surface area (Å²) in [5, 5.41) is 5.60. The van der Waals surface area contributed by atoms with Crippen molar-refractivity contribution in [3.63, 3.8) is 0 Å². The van der Waals surface area contributed by atoms with E-state index >= 15 is 0 Å². The smallest absolute Gasteiger partial charge is 0.240 e. The lowest BCUT2D eigenvalue weighted by Crippen LogP contribution is -2.39. The first-order valence-corrected chi connectivity index (χ1v) is 9.07. The first kappa shape index (κ1) is 18.0. The molecule has 0 bridgehead atoms. The van der Waals surface area contributed by atoms with Crippen molar-refractivity contribution in [2.45, 2.75) is 26.3 Å². The van der Waals surface area contributed by atoms with E-state index in [0.29, 0.717) is 42.1 Å². The van der Waals surface area contributed by atoms with E-state index in [1.807, 2.05) is 12.1 Å². The van der Waals surface area contributed by atoms with E-state index < -0.39 is 5.41 Å². The molecule has 28 heavy (non-hydrogen) atoms. The van der Waals surface area contributed by atoms with Gasteiger partial charge in [-0.1, -0.05) is 18.2 Å². The van der Waals surface area contributed by atoms with Crippen LogP contribution in [-0.2, 0) is 16.1 Å². The molecule has 0 atom stereocenters. The van der Waals surface area contributed by atoms with E-state index in [2.05, 4.69) is 10.6 Å². The average molecular weight is 380 g/mol. The summed E-state index contributed by atoms with van der Waals surface area (Å²) in [5.41, 5.74) is 0.827. The lowest BCUT2D eigenvalue weighted by Gasteiger charge is -2.16. The lowest BCUT2D eigenvalue weighted by molar-refractivity contribution is -0.134. The topological polar surface area (TPSA) is 93.7 Å². The molecule has 2 aliphatic rings. The SMILES string of the molecule is CC(=O)c1cccc(NC(=O)C2(C(=O)NCc3ccc4c(c3)OCO4)CC2)c1. The first-order valence-electron chi connectivity index (χ1n) is 9.07. The summed E-state index contributed by atoms with van der Waals surface area (Å²) in [4.78, 5) is 36.8. The minimum Gasteiger partial charge on any atom is -0.454 e. The fourth-order valence-corrected chi connectivity index (χ4v) is 3.15. The molecule has 1 heterocycles. The minimum absolute atomic E-state index is 0.0845. The Morgan fingerprint density at radius 2 is 1.79 bits per heavy atom. The first-order chi connectivity index (χ1) is 13.5. The van der Waals surface area contributed by atoms with Crippen LogP contribution in [0.15, 0.2) is 42.5 Å². The molecule has 2 aromatic carbocycles. The third-order valence-corrected chi connectivity index (χ3v) is 5.04. The molecule has 1 fully saturated rings. The van der Waals surface area contributed by atoms with Crippen LogP contribution in [0.3, 0.4) is 0 Å². The van der Waals surface area contributed by atoms with Crippen LogP contribution in [0.25, 0.3) is 0 Å². The highest BCUT2D eigenvalue weighted by Crippen LogP contribution is 2.47. The number of Topliss-reactive ketones (excluding diaryl/α,β-unsaturated/α-hetero) is 1. The Balaban J connectivity index is 1.39. The van der Waals surface area contributed by atoms with E-state index in [1.54, 1.807) is 30.3 Å². The maximum atomic E-state index is 12.7. The number of benzene rings is 2. The number of nitrogens with one attached hydrogen (secondary N) is 2. The molecule has 1 aliphatic heterocycles. The molecule has 0 radical (unpaired) electrons. The lowest BCUT2D eigenvalue weighted by atomic mass is 10.0. The Kier molecular flexibility index (Phi) is 4.50. The van der Waals surface area contributed by atoms with Crippen molar-refractivity contribution < 1.29 is 23.9 Å². The zero-order valence-electron chi connectivity index (χ0n) is 15.4. The molecule has 1 saturated carbocycles. The quantitative estimate of drug-likeness (QED) is 0.594. The van der Waals surface area contributed by atoms with Gasteiger partial charge in [0.2, 0.25) is 18.6 Å². The number of hydrogen-bond donors (Lipinski definition) is 2. The molecule has 4 rings (SSSR count). The molecule has 0 unspecified atom stereocenters. The van der Waals surface area contributed by atoms with Crippen molar-refractivity contribution in [2.75, 3.05) is 12.1 Å². The summed E-state index contributed by atoms with van der Waals surface area (Å²) >= 11 is 0. The number of anilines is 1. The van der Waals surface area contributed by atoms with Crippen LogP contribution >= 0.6 is 0 Å². The molecule has 7 nitrogen and oxygen atoms in total. The Labute approximate surface area is 162 Å². The number of ketones is 1. The van der Waals surface area contributed by atoms with Gasteiger partial charge in [-0.25, -0.2) is 0 Å². The number of carbonyl (C=O) groups is 3. The summed E-state index contributed by atoms with van der Waals surface area (Å²) < 4.78 is 10.6. The van der Waals surface area contributed by atoms with Crippen molar-refractivity contribution in [3.05, 3.63) is 53.6 Å². The second-order valence-corrected chi connectivity index (χ2v) is 7.04. The van der Waals surface area contributed by atoms with Gasteiger partial charge in [-0.15, -0.1) is 0 Å². The zero-order valence-corrected chi connectivity index (χ0v) is 15.4. The molecule has 7 heteroatoms. The second kappa shape index (κ2) is 6.99. The van der Waals surface area contributed by atoms with Gasteiger partial charge in [0.1, 0.15) is 5.41 Å². The molecular formula is C21H20N2O5. The maximum absolute atomic E-state index is 12.7. The van der Waals surface area contributed by atoms with Crippen LogP contribution in [0.2, 0.25) is 0 Å². The van der Waals surface area contributed by atoms with Crippen molar-refractivity contribution in [1.82, 2.24) is 5.32 Å². The van der Waals surface area contributed by atoms with Crippen LogP contribution in [-0.4, -0.2) is 24.4 Å². The predicted octanol–water partition coefficient (Wildman–Crippen LogP) is 2.65. The van der Waals surface area contributed by atoms with E-state index in [4.69, 9.17) is 9.47 Å². The predicted molar refractivity (Wildman–Crippen MR) is 101 cm³/mol. The fraction of sp³-hybridized carbons (Fsp3) is 0.286. The van der Waals surface area contributed by atoms with Crippen LogP contribution < -0.4 is 20.1 Å². The monoisotopic (exact) mass is 380 g/mol. The highest BCUT2D eigenvalue weighted by Gasteiger charge is 2.56. The average Bonchev–Trinajstić information content (AvgIpc) is 3.38. The Morgan fingerprint density at radius 3 is 2.54 bits per heavy atom. The summed E-state index contributed by atoms with van der Waals surface area (Å²) in [6, 6.07) is 12.2. The van der Waals surface area contributed by atoms with Gasteiger partial charge in [0.05, 0.1) is 0 Å². The van der Waals surface area contributed by atoms with Crippen molar-refractivity contribution >= 4 is 23.3 Å². The summed E-state index contributed by atoms with van der Waals surface area (Å²) in [5.74, 6) is 0.595. The normalized spacial score (nSPS) is 15.6. The van der Waals surface area contributed by atoms with Gasteiger partial charge >= 0.3 is 0 Å². The number of fused-ring (bicyclic) bond motifs is 1. The van der Waals surface area contributed by atoms with Gasteiger partial charge < -0.3 is 20.1 Å². The molecule has 0 spiro atoms. The van der Waals surface area contributed by atoms with Crippen LogP contribution in [0.4, 0.5) is 5.69 Å². The Hall–Kier alpha value is -3.35. The molecule has 0 saturated heterocycles.